The maximum atomic E-state index is 13.0. The van der Waals surface area contributed by atoms with Crippen LogP contribution in [0, 0.1) is 5.41 Å². The lowest BCUT2D eigenvalue weighted by Crippen LogP contribution is -2.74. The molecular formula is C19H28Cl3N9O5S4. The molecule has 2 aliphatic rings. The van der Waals surface area contributed by atoms with Crippen LogP contribution in [0.1, 0.15) is 17.1 Å². The Morgan fingerprint density at radius 3 is 2.65 bits per heavy atom. The van der Waals surface area contributed by atoms with Crippen molar-refractivity contribution in [1.29, 1.82) is 0 Å². The van der Waals surface area contributed by atoms with Crippen molar-refractivity contribution in [3.8, 4) is 0 Å². The molecule has 4 rings (SSSR count). The van der Waals surface area contributed by atoms with E-state index in [1.54, 1.807) is 5.38 Å². The average molecular weight is 697 g/mol. The monoisotopic (exact) mass is 695 g/mol. The molecule has 2 aliphatic heterocycles. The third kappa shape index (κ3) is 8.01. The first kappa shape index (κ1) is 36.4. The van der Waals surface area contributed by atoms with E-state index in [4.69, 9.17) is 22.0 Å². The van der Waals surface area contributed by atoms with Gasteiger partial charge in [-0.25, -0.2) is 4.98 Å². The van der Waals surface area contributed by atoms with Crippen molar-refractivity contribution in [2.24, 2.45) is 22.0 Å². The average Bonchev–Trinajstić information content (AvgIpc) is 3.54. The first-order valence-corrected chi connectivity index (χ1v) is 14.7. The van der Waals surface area contributed by atoms with Crippen molar-refractivity contribution in [3.05, 3.63) is 16.1 Å². The van der Waals surface area contributed by atoms with Crippen molar-refractivity contribution < 1.29 is 24.3 Å². The molecule has 14 nitrogen and oxygen atoms in total. The molecule has 3 atom stereocenters. The zero-order chi connectivity index (χ0) is 26.6. The number of halogens is 3. The summed E-state index contributed by atoms with van der Waals surface area (Å²) in [4.78, 5) is 49.0. The van der Waals surface area contributed by atoms with Crippen LogP contribution < -0.4 is 22.5 Å². The van der Waals surface area contributed by atoms with Crippen LogP contribution in [0.4, 0.5) is 5.13 Å². The van der Waals surface area contributed by atoms with Crippen LogP contribution in [0.2, 0.25) is 0 Å². The van der Waals surface area contributed by atoms with Crippen LogP contribution in [0.3, 0.4) is 0 Å². The van der Waals surface area contributed by atoms with Gasteiger partial charge >= 0.3 is 5.97 Å². The molecule has 8 N–H and O–H groups in total. The number of carboxylic acids is 1. The second-order valence-corrected chi connectivity index (χ2v) is 12.4. The SMILES string of the molecule is Cl.Cl.Cl.NCCCON=C(C(=O)NC1C(=O)N2CC(CSc3nnc(CN)s3)(C(=O)O)CS[C@H]12)c1csc(N)n1. The summed E-state index contributed by atoms with van der Waals surface area (Å²) in [5.41, 5.74) is 15.7. The lowest BCUT2D eigenvalue weighted by atomic mass is 9.89. The van der Waals surface area contributed by atoms with Crippen molar-refractivity contribution in [1.82, 2.24) is 25.4 Å². The number of nitrogen functional groups attached to an aromatic ring is 1. The summed E-state index contributed by atoms with van der Waals surface area (Å²) in [6.07, 6.45) is 0.545. The molecule has 0 spiro atoms. The van der Waals surface area contributed by atoms with Gasteiger partial charge in [0.1, 0.15) is 34.1 Å². The molecule has 4 heterocycles. The highest BCUT2D eigenvalue weighted by molar-refractivity contribution is 8.01. The Morgan fingerprint density at radius 2 is 2.05 bits per heavy atom. The summed E-state index contributed by atoms with van der Waals surface area (Å²) < 4.78 is 0.622. The van der Waals surface area contributed by atoms with Gasteiger partial charge in [-0.1, -0.05) is 28.3 Å². The molecule has 0 aromatic carbocycles. The van der Waals surface area contributed by atoms with E-state index in [-0.39, 0.29) is 90.9 Å². The number of carbonyl (C=O) groups excluding carboxylic acids is 2. The van der Waals surface area contributed by atoms with Crippen LogP contribution in [0.5, 0.6) is 0 Å². The second-order valence-electron chi connectivity index (χ2n) is 8.15. The number of hydrogen-bond donors (Lipinski definition) is 5. The molecule has 2 aromatic heterocycles. The summed E-state index contributed by atoms with van der Waals surface area (Å²) >= 11 is 5.04. The van der Waals surface area contributed by atoms with Crippen molar-refractivity contribution in [3.63, 3.8) is 0 Å². The first-order chi connectivity index (χ1) is 17.8. The minimum atomic E-state index is -1.17. The van der Waals surface area contributed by atoms with Gasteiger partial charge in [-0.05, 0) is 13.0 Å². The number of oxime groups is 1. The predicted octanol–water partition coefficient (Wildman–Crippen LogP) is 0.634. The molecule has 224 valence electrons. The predicted molar refractivity (Wildman–Crippen MR) is 163 cm³/mol. The summed E-state index contributed by atoms with van der Waals surface area (Å²) in [6, 6.07) is -0.836. The van der Waals surface area contributed by atoms with Gasteiger partial charge in [-0.15, -0.1) is 70.5 Å². The molecule has 0 aliphatic carbocycles. The minimum absolute atomic E-state index is 0. The van der Waals surface area contributed by atoms with Gasteiger partial charge in [-0.2, -0.15) is 0 Å². The highest BCUT2D eigenvalue weighted by Gasteiger charge is 2.57. The Labute approximate surface area is 264 Å². The van der Waals surface area contributed by atoms with Crippen LogP contribution in [0.15, 0.2) is 14.9 Å². The van der Waals surface area contributed by atoms with Gasteiger partial charge in [0, 0.05) is 30.0 Å². The number of aromatic nitrogens is 3. The van der Waals surface area contributed by atoms with Gasteiger partial charge in [0.05, 0.1) is 0 Å². The number of fused-ring (bicyclic) bond motifs is 1. The minimum Gasteiger partial charge on any atom is -0.481 e. The van der Waals surface area contributed by atoms with Crippen LogP contribution in [-0.4, -0.2) is 91.3 Å². The third-order valence-electron chi connectivity index (χ3n) is 5.56. The molecule has 2 aromatic rings. The maximum absolute atomic E-state index is 13.0. The summed E-state index contributed by atoms with van der Waals surface area (Å²) in [5, 5.41) is 26.7. The Bertz CT molecular complexity index is 1210. The fourth-order valence-electron chi connectivity index (χ4n) is 3.55. The fourth-order valence-corrected chi connectivity index (χ4v) is 7.74. The zero-order valence-electron chi connectivity index (χ0n) is 20.6. The second kappa shape index (κ2) is 16.1. The normalized spacial score (nSPS) is 21.6. The number of rotatable bonds is 12. The zero-order valence-corrected chi connectivity index (χ0v) is 26.3. The molecule has 2 amide bonds. The number of nitrogens with zero attached hydrogens (tertiary/aromatic N) is 5. The molecule has 2 fully saturated rings. The van der Waals surface area contributed by atoms with E-state index in [1.807, 2.05) is 0 Å². The van der Waals surface area contributed by atoms with Crippen LogP contribution >= 0.6 is 83.4 Å². The molecule has 0 saturated carbocycles. The number of hydrogen-bond acceptors (Lipinski definition) is 15. The Hall–Kier alpha value is -1.64. The molecule has 2 saturated heterocycles. The quantitative estimate of drug-likeness (QED) is 0.0676. The highest BCUT2D eigenvalue weighted by Crippen LogP contribution is 2.44. The van der Waals surface area contributed by atoms with E-state index in [1.165, 1.54) is 39.8 Å². The lowest BCUT2D eigenvalue weighted by Gasteiger charge is -2.53. The Morgan fingerprint density at radius 1 is 1.30 bits per heavy atom. The molecule has 0 radical (unpaired) electrons. The van der Waals surface area contributed by atoms with Crippen LogP contribution in [-0.2, 0) is 25.8 Å². The van der Waals surface area contributed by atoms with Gasteiger partial charge in [0.15, 0.2) is 15.2 Å². The largest absolute Gasteiger partial charge is 0.481 e. The smallest absolute Gasteiger partial charge is 0.313 e. The van der Waals surface area contributed by atoms with Gasteiger partial charge < -0.3 is 37.4 Å². The lowest BCUT2D eigenvalue weighted by molar-refractivity contribution is -0.157. The fraction of sp³-hybridized carbons (Fsp3) is 0.526. The first-order valence-electron chi connectivity index (χ1n) is 11.0. The van der Waals surface area contributed by atoms with Gasteiger partial charge in [0.2, 0.25) is 5.91 Å². The number of nitrogens with one attached hydrogen (secondary N) is 1. The maximum Gasteiger partial charge on any atom is 0.313 e. The van der Waals surface area contributed by atoms with E-state index < -0.39 is 28.7 Å². The van der Waals surface area contributed by atoms with Gasteiger partial charge in [-0.3, -0.25) is 14.4 Å². The third-order valence-corrected chi connectivity index (χ3v) is 10.2. The summed E-state index contributed by atoms with van der Waals surface area (Å²) in [7, 11) is 0. The number of thioether (sulfide) groups is 2. The summed E-state index contributed by atoms with van der Waals surface area (Å²) in [6.45, 7) is 0.892. The van der Waals surface area contributed by atoms with E-state index in [0.29, 0.717) is 22.3 Å². The molecule has 2 unspecified atom stereocenters. The van der Waals surface area contributed by atoms with E-state index in [2.05, 4.69) is 25.7 Å². The highest BCUT2D eigenvalue weighted by atomic mass is 35.5. The topological polar surface area (TPSA) is 225 Å². The molecule has 40 heavy (non-hydrogen) atoms. The number of amides is 2. The number of nitrogens with two attached hydrogens (primary N) is 3. The molecular weight excluding hydrogens is 669 g/mol. The molecule has 21 heteroatoms. The van der Waals surface area contributed by atoms with Crippen molar-refractivity contribution >= 4 is 112 Å². The van der Waals surface area contributed by atoms with E-state index in [9.17, 15) is 19.5 Å². The number of β-lactam (4-membered cyclic amide) rings is 1. The van der Waals surface area contributed by atoms with E-state index in [0.717, 1.165) is 11.3 Å². The number of carbonyl (C=O) groups is 3. The Balaban J connectivity index is 0.00000267. The van der Waals surface area contributed by atoms with E-state index >= 15 is 0 Å². The van der Waals surface area contributed by atoms with Gasteiger partial charge in [0.25, 0.3) is 5.91 Å². The Kier molecular flexibility index (Phi) is 14.7. The summed E-state index contributed by atoms with van der Waals surface area (Å²) in [5.74, 6) is -1.55. The van der Waals surface area contributed by atoms with Crippen LogP contribution in [0.25, 0.3) is 0 Å². The molecule has 0 bridgehead atoms. The van der Waals surface area contributed by atoms with Crippen molar-refractivity contribution in [2.75, 3.05) is 36.9 Å². The standard InChI is InChI=1S/C19H25N9O5S4.3ClH/c20-2-1-3-33-27-11(9-5-34-17(22)23-9)13(29)24-12-14(30)28-6-19(16(31)32,7-35-15(12)28)8-36-18-26-25-10(4-21)37-18;;;/h5,12,15H,1-4,6-8,20-21H2,(H2,22,23)(H,24,29)(H,31,32);3*1H/t12?,15-,19?;;;/m1.../s1. The number of thiazole rings is 1. The van der Waals surface area contributed by atoms with Crippen molar-refractivity contribution in [2.45, 2.75) is 28.7 Å². The number of carboxylic acid groups (broad SMARTS) is 1. The number of aliphatic carboxylic acids is 1. The number of anilines is 1.